The second-order valence-electron chi connectivity index (χ2n) is 10.8. The van der Waals surface area contributed by atoms with Crippen molar-refractivity contribution in [3.63, 3.8) is 0 Å². The quantitative estimate of drug-likeness (QED) is 0.319. The summed E-state index contributed by atoms with van der Waals surface area (Å²) in [5.74, 6) is 2.27. The Morgan fingerprint density at radius 1 is 1.05 bits per heavy atom. The molecule has 1 aliphatic heterocycles. The first kappa shape index (κ1) is 26.5. The van der Waals surface area contributed by atoms with E-state index >= 15 is 0 Å². The molecule has 1 aliphatic rings. The van der Waals surface area contributed by atoms with E-state index in [-0.39, 0.29) is 5.60 Å². The fourth-order valence-electron chi connectivity index (χ4n) is 4.74. The van der Waals surface area contributed by atoms with Crippen molar-refractivity contribution < 1.29 is 9.47 Å². The number of benzene rings is 2. The first-order valence-electron chi connectivity index (χ1n) is 13.2. The van der Waals surface area contributed by atoms with Crippen LogP contribution in [0, 0.1) is 6.92 Å². The maximum Gasteiger partial charge on any atom is 0.147 e. The molecule has 38 heavy (non-hydrogen) atoms. The number of para-hydroxylation sites is 1. The van der Waals surface area contributed by atoms with Gasteiger partial charge in [0, 0.05) is 44.5 Å². The van der Waals surface area contributed by atoms with Gasteiger partial charge in [0.05, 0.1) is 22.8 Å². The van der Waals surface area contributed by atoms with Crippen LogP contribution in [-0.2, 0) is 6.54 Å². The summed E-state index contributed by atoms with van der Waals surface area (Å²) >= 11 is 6.87. The van der Waals surface area contributed by atoms with Gasteiger partial charge >= 0.3 is 0 Å². The predicted molar refractivity (Wildman–Crippen MR) is 153 cm³/mol. The number of hydrogen-bond acceptors (Lipinski definition) is 6. The fourth-order valence-corrected chi connectivity index (χ4v) is 5.00. The third-order valence-corrected chi connectivity index (χ3v) is 6.83. The highest BCUT2D eigenvalue weighted by Crippen LogP contribution is 2.36. The van der Waals surface area contributed by atoms with E-state index in [0.29, 0.717) is 18.2 Å². The highest BCUT2D eigenvalue weighted by atomic mass is 35.5. The number of rotatable bonds is 8. The molecule has 1 saturated heterocycles. The molecule has 0 atom stereocenters. The molecule has 200 valence electrons. The van der Waals surface area contributed by atoms with Crippen molar-refractivity contribution in [1.82, 2.24) is 24.8 Å². The number of ether oxygens (including phenoxy) is 2. The zero-order valence-electron chi connectivity index (χ0n) is 22.6. The van der Waals surface area contributed by atoms with Crippen LogP contribution in [0.25, 0.3) is 22.4 Å². The van der Waals surface area contributed by atoms with Gasteiger partial charge in [-0.25, -0.2) is 4.98 Å². The molecular formula is C30H36ClN5O2. The van der Waals surface area contributed by atoms with E-state index in [2.05, 4.69) is 38.8 Å². The molecule has 7 nitrogen and oxygen atoms in total. The maximum absolute atomic E-state index is 6.87. The van der Waals surface area contributed by atoms with Gasteiger partial charge in [0.1, 0.15) is 35.0 Å². The molecule has 2 aromatic heterocycles. The summed E-state index contributed by atoms with van der Waals surface area (Å²) in [4.78, 5) is 12.1. The Balaban J connectivity index is 1.48. The van der Waals surface area contributed by atoms with Gasteiger partial charge in [0.2, 0.25) is 0 Å². The van der Waals surface area contributed by atoms with E-state index in [9.17, 15) is 0 Å². The summed E-state index contributed by atoms with van der Waals surface area (Å²) in [6.07, 6.45) is 1.84. The van der Waals surface area contributed by atoms with E-state index in [1.54, 1.807) is 0 Å². The molecule has 1 N–H and O–H groups in total. The number of halogens is 1. The van der Waals surface area contributed by atoms with Crippen molar-refractivity contribution in [2.24, 2.45) is 0 Å². The molecule has 4 aromatic rings. The summed E-state index contributed by atoms with van der Waals surface area (Å²) in [5, 5.41) is 3.97. The molecule has 1 fully saturated rings. The van der Waals surface area contributed by atoms with E-state index in [0.717, 1.165) is 77.9 Å². The molecule has 0 amide bonds. The Bertz CT molecular complexity index is 1410. The highest BCUT2D eigenvalue weighted by molar-refractivity contribution is 6.33. The van der Waals surface area contributed by atoms with Crippen LogP contribution in [0.3, 0.4) is 0 Å². The Hall–Kier alpha value is -3.13. The molecule has 8 heteroatoms. The Kier molecular flexibility index (Phi) is 7.88. The van der Waals surface area contributed by atoms with Gasteiger partial charge in [-0.2, -0.15) is 0 Å². The lowest BCUT2D eigenvalue weighted by atomic mass is 10.2. The third-order valence-electron chi connectivity index (χ3n) is 6.52. The lowest BCUT2D eigenvalue weighted by Gasteiger charge is -2.26. The lowest BCUT2D eigenvalue weighted by molar-refractivity contribution is 0.133. The number of hydrogen-bond donors (Lipinski definition) is 1. The van der Waals surface area contributed by atoms with Crippen molar-refractivity contribution in [2.75, 3.05) is 39.3 Å². The Morgan fingerprint density at radius 3 is 2.61 bits per heavy atom. The second-order valence-corrected chi connectivity index (χ2v) is 11.2. The number of piperazine rings is 1. The molecule has 5 rings (SSSR count). The molecule has 0 saturated carbocycles. The molecule has 0 bridgehead atoms. The number of imidazole rings is 1. The van der Waals surface area contributed by atoms with E-state index in [1.165, 1.54) is 0 Å². The van der Waals surface area contributed by atoms with Crippen LogP contribution in [0.2, 0.25) is 5.02 Å². The number of aromatic nitrogens is 3. The van der Waals surface area contributed by atoms with Gasteiger partial charge in [0.25, 0.3) is 0 Å². The van der Waals surface area contributed by atoms with Gasteiger partial charge in [-0.05, 0) is 75.7 Å². The topological polar surface area (TPSA) is 64.4 Å². The smallest absolute Gasteiger partial charge is 0.147 e. The van der Waals surface area contributed by atoms with E-state index in [1.807, 2.05) is 63.4 Å². The summed E-state index contributed by atoms with van der Waals surface area (Å²) in [6, 6.07) is 16.0. The number of nitrogens with zero attached hydrogens (tertiary/aromatic N) is 4. The molecule has 2 aromatic carbocycles. The zero-order chi connectivity index (χ0) is 26.7. The van der Waals surface area contributed by atoms with Crippen molar-refractivity contribution in [2.45, 2.75) is 39.8 Å². The van der Waals surface area contributed by atoms with Crippen LogP contribution in [0.4, 0.5) is 0 Å². The van der Waals surface area contributed by atoms with Crippen LogP contribution in [0.5, 0.6) is 11.5 Å². The third kappa shape index (κ3) is 6.29. The molecule has 0 aliphatic carbocycles. The fraction of sp³-hybridized carbons (Fsp3) is 0.400. The standard InChI is InChI=1S/C30H36ClN5O2/c1-21-10-11-33-22(18-21)20-36-26-6-5-7-27(38-30(2,3)4)28(26)34-29(36)24-9-8-23(19-25(24)31)37-17-16-35-14-12-32-13-15-35/h5-11,18-19,32H,12-17,20H2,1-4H3. The zero-order valence-corrected chi connectivity index (χ0v) is 23.4. The first-order valence-corrected chi connectivity index (χ1v) is 13.6. The number of aryl methyl sites for hydroxylation is 1. The molecule has 0 unspecified atom stereocenters. The maximum atomic E-state index is 6.87. The normalized spacial score (nSPS) is 14.7. The molecule has 0 spiro atoms. The SMILES string of the molecule is Cc1ccnc(Cn2c(-c3ccc(OCCN4CCNCC4)cc3Cl)nc3c(OC(C)(C)C)cccc32)c1. The van der Waals surface area contributed by atoms with Gasteiger partial charge in [0.15, 0.2) is 0 Å². The minimum Gasteiger partial charge on any atom is -0.492 e. The predicted octanol–water partition coefficient (Wildman–Crippen LogP) is 5.57. The summed E-state index contributed by atoms with van der Waals surface area (Å²) in [6.45, 7) is 14.4. The second kappa shape index (κ2) is 11.3. The Morgan fingerprint density at radius 2 is 1.87 bits per heavy atom. The summed E-state index contributed by atoms with van der Waals surface area (Å²) in [7, 11) is 0. The minimum absolute atomic E-state index is 0.350. The van der Waals surface area contributed by atoms with Crippen LogP contribution >= 0.6 is 11.6 Å². The molecule has 0 radical (unpaired) electrons. The van der Waals surface area contributed by atoms with Crippen LogP contribution < -0.4 is 14.8 Å². The summed E-state index contributed by atoms with van der Waals surface area (Å²) in [5.41, 5.74) is 4.38. The Labute approximate surface area is 229 Å². The monoisotopic (exact) mass is 533 g/mol. The van der Waals surface area contributed by atoms with Gasteiger partial charge in [-0.15, -0.1) is 0 Å². The average Bonchev–Trinajstić information content (AvgIpc) is 3.23. The van der Waals surface area contributed by atoms with E-state index in [4.69, 9.17) is 26.1 Å². The van der Waals surface area contributed by atoms with E-state index < -0.39 is 0 Å². The number of fused-ring (bicyclic) bond motifs is 1. The lowest BCUT2D eigenvalue weighted by Crippen LogP contribution is -2.44. The first-order chi connectivity index (χ1) is 18.3. The number of pyridine rings is 1. The van der Waals surface area contributed by atoms with Crippen molar-refractivity contribution in [1.29, 1.82) is 0 Å². The van der Waals surface area contributed by atoms with Gasteiger partial charge in [-0.1, -0.05) is 17.7 Å². The van der Waals surface area contributed by atoms with Crippen LogP contribution in [-0.4, -0.2) is 64.4 Å². The molecule has 3 heterocycles. The van der Waals surface area contributed by atoms with Gasteiger partial charge in [-0.3, -0.25) is 9.88 Å². The largest absolute Gasteiger partial charge is 0.492 e. The molecular weight excluding hydrogens is 498 g/mol. The summed E-state index contributed by atoms with van der Waals surface area (Å²) < 4.78 is 14.5. The van der Waals surface area contributed by atoms with Crippen molar-refractivity contribution >= 4 is 22.6 Å². The van der Waals surface area contributed by atoms with Crippen LogP contribution in [0.15, 0.2) is 54.7 Å². The number of nitrogens with one attached hydrogen (secondary N) is 1. The average molecular weight is 534 g/mol. The van der Waals surface area contributed by atoms with Crippen molar-refractivity contribution in [3.05, 3.63) is 71.0 Å². The minimum atomic E-state index is -0.350. The highest BCUT2D eigenvalue weighted by Gasteiger charge is 2.21. The van der Waals surface area contributed by atoms with Crippen molar-refractivity contribution in [3.8, 4) is 22.9 Å². The van der Waals surface area contributed by atoms with Crippen LogP contribution in [0.1, 0.15) is 32.0 Å². The van der Waals surface area contributed by atoms with Gasteiger partial charge < -0.3 is 19.4 Å².